The molecular weight excluding hydrogens is 937 g/mol. The Hall–Kier alpha value is -4.15. The number of nitrogens with zero attached hydrogens (tertiary/aromatic N) is 2. The predicted octanol–water partition coefficient (Wildman–Crippen LogP) is 15.2. The van der Waals surface area contributed by atoms with Crippen LogP contribution in [0.15, 0.2) is 108 Å². The molecule has 1 aliphatic rings. The van der Waals surface area contributed by atoms with Crippen LogP contribution in [0, 0.1) is 18.1 Å². The Bertz CT molecular complexity index is 2560. The van der Waals surface area contributed by atoms with Crippen molar-refractivity contribution in [1.29, 1.82) is 0 Å². The summed E-state index contributed by atoms with van der Waals surface area (Å²) in [5.74, 6) is 0.869. The quantitative estimate of drug-likeness (QED) is 0.123. The summed E-state index contributed by atoms with van der Waals surface area (Å²) in [7, 11) is -1.36. The van der Waals surface area contributed by atoms with E-state index in [0.717, 1.165) is 55.9 Å². The molecule has 0 N–H and O–H groups in total. The number of rotatable bonds is 6. The number of aromatic nitrogens is 2. The van der Waals surface area contributed by atoms with Crippen molar-refractivity contribution in [3.63, 3.8) is 0 Å². The van der Waals surface area contributed by atoms with E-state index in [0.29, 0.717) is 0 Å². The molecule has 7 aromatic rings. The first-order valence-corrected chi connectivity index (χ1v) is 25.7. The number of benzene rings is 4. The molecule has 0 aliphatic heterocycles. The van der Waals surface area contributed by atoms with E-state index in [1.165, 1.54) is 60.8 Å². The Labute approximate surface area is 381 Å². The summed E-state index contributed by atoms with van der Waals surface area (Å²) in [6, 6.07) is 39.2. The van der Waals surface area contributed by atoms with Gasteiger partial charge in [-0.2, -0.15) is 0 Å². The molecule has 61 heavy (non-hydrogen) atoms. The van der Waals surface area contributed by atoms with E-state index in [9.17, 15) is 0 Å². The zero-order chi connectivity index (χ0) is 43.0. The Morgan fingerprint density at radius 1 is 0.656 bits per heavy atom. The van der Waals surface area contributed by atoms with E-state index in [1.54, 1.807) is 10.8 Å². The van der Waals surface area contributed by atoms with Crippen LogP contribution in [0.25, 0.3) is 55.6 Å². The number of furan rings is 1. The van der Waals surface area contributed by atoms with Crippen LogP contribution in [-0.2, 0) is 42.8 Å². The van der Waals surface area contributed by atoms with E-state index in [4.69, 9.17) is 9.40 Å². The van der Waals surface area contributed by atoms with E-state index < -0.39 is 8.07 Å². The molecule has 0 bridgehead atoms. The van der Waals surface area contributed by atoms with Gasteiger partial charge in [-0.3, -0.25) is 0 Å². The third kappa shape index (κ3) is 10.9. The average molecular weight is 1000 g/mol. The SMILES string of the molecule is CC(C)(C)c1cc(-c2cccc3c2oc2cc(-c4cc(C(C)(C)C)ccn4)[c-]cc23)cc(C(C)(C)C)c1.C[Si](C)(C)c1cnc(-c2[c-]cccc2)cc1CC1CCCCC1.[Ir]. The van der Waals surface area contributed by atoms with Crippen molar-refractivity contribution in [3.05, 3.63) is 138 Å². The first-order valence-electron chi connectivity index (χ1n) is 22.2. The average Bonchev–Trinajstić information content (AvgIpc) is 3.58. The molecule has 5 heteroatoms. The summed E-state index contributed by atoms with van der Waals surface area (Å²) in [5, 5.41) is 3.74. The summed E-state index contributed by atoms with van der Waals surface area (Å²) in [6.45, 7) is 27.6. The maximum absolute atomic E-state index is 6.60. The summed E-state index contributed by atoms with van der Waals surface area (Å²) >= 11 is 0. The van der Waals surface area contributed by atoms with Gasteiger partial charge in [0.25, 0.3) is 0 Å². The fourth-order valence-corrected chi connectivity index (χ4v) is 10.1. The zero-order valence-electron chi connectivity index (χ0n) is 38.8. The van der Waals surface area contributed by atoms with Gasteiger partial charge in [-0.1, -0.05) is 180 Å². The molecule has 4 aromatic carbocycles. The van der Waals surface area contributed by atoms with Gasteiger partial charge >= 0.3 is 0 Å². The topological polar surface area (TPSA) is 38.9 Å². The molecule has 3 nitrogen and oxygen atoms in total. The second-order valence-corrected chi connectivity index (χ2v) is 26.4. The molecule has 8 rings (SSSR count). The number of hydrogen-bond acceptors (Lipinski definition) is 3. The Morgan fingerprint density at radius 2 is 1.33 bits per heavy atom. The van der Waals surface area contributed by atoms with Crippen molar-refractivity contribution in [2.24, 2.45) is 5.92 Å². The molecule has 0 spiro atoms. The van der Waals surface area contributed by atoms with Gasteiger partial charge in [-0.15, -0.1) is 53.6 Å². The fraction of sp³-hybridized carbons (Fsp3) is 0.393. The second-order valence-electron chi connectivity index (χ2n) is 21.3. The number of pyridine rings is 2. The fourth-order valence-electron chi connectivity index (χ4n) is 8.55. The first-order chi connectivity index (χ1) is 28.3. The molecule has 3 aromatic heterocycles. The van der Waals surface area contributed by atoms with Crippen molar-refractivity contribution < 1.29 is 24.5 Å². The molecule has 321 valence electrons. The van der Waals surface area contributed by atoms with Crippen LogP contribution in [0.3, 0.4) is 0 Å². The second kappa shape index (κ2) is 18.3. The van der Waals surface area contributed by atoms with E-state index in [1.807, 2.05) is 18.3 Å². The van der Waals surface area contributed by atoms with Gasteiger partial charge in [-0.05, 0) is 78.9 Å². The predicted molar refractivity (Wildman–Crippen MR) is 259 cm³/mol. The van der Waals surface area contributed by atoms with Crippen molar-refractivity contribution in [2.45, 2.75) is 137 Å². The molecule has 0 amide bonds. The number of fused-ring (bicyclic) bond motifs is 3. The molecule has 1 fully saturated rings. The molecule has 3 heterocycles. The zero-order valence-corrected chi connectivity index (χ0v) is 42.2. The van der Waals surface area contributed by atoms with Crippen LogP contribution >= 0.6 is 0 Å². The van der Waals surface area contributed by atoms with Crippen LogP contribution in [0.1, 0.15) is 117 Å². The summed E-state index contributed by atoms with van der Waals surface area (Å²) in [5.41, 5.74) is 13.8. The third-order valence-corrected chi connectivity index (χ3v) is 14.4. The monoisotopic (exact) mass is 1000 g/mol. The Kier molecular flexibility index (Phi) is 13.9. The smallest absolute Gasteiger partial charge is 0.131 e. The van der Waals surface area contributed by atoms with Gasteiger partial charge in [0.1, 0.15) is 5.58 Å². The van der Waals surface area contributed by atoms with Gasteiger partial charge in [-0.25, -0.2) is 0 Å². The summed E-state index contributed by atoms with van der Waals surface area (Å²) in [6.07, 6.45) is 12.4. The largest absolute Gasteiger partial charge is 0.476 e. The van der Waals surface area contributed by atoms with Crippen LogP contribution in [0.2, 0.25) is 19.6 Å². The van der Waals surface area contributed by atoms with Crippen molar-refractivity contribution in [1.82, 2.24) is 9.97 Å². The van der Waals surface area contributed by atoms with Crippen molar-refractivity contribution >= 4 is 35.2 Å². The minimum atomic E-state index is -1.36. The molecular formula is C56H66IrN2OSi-2. The van der Waals surface area contributed by atoms with Crippen LogP contribution < -0.4 is 5.19 Å². The molecule has 1 radical (unpaired) electrons. The van der Waals surface area contributed by atoms with Crippen molar-refractivity contribution in [3.8, 4) is 33.6 Å². The molecule has 0 atom stereocenters. The first kappa shape index (κ1) is 46.4. The van der Waals surface area contributed by atoms with E-state index >= 15 is 0 Å². The molecule has 0 unspecified atom stereocenters. The molecule has 1 aliphatic carbocycles. The van der Waals surface area contributed by atoms with Gasteiger partial charge in [0.05, 0.1) is 13.7 Å². The normalized spacial score (nSPS) is 14.1. The van der Waals surface area contributed by atoms with Gasteiger partial charge in [0.15, 0.2) is 0 Å². The van der Waals surface area contributed by atoms with Gasteiger partial charge < -0.3 is 14.4 Å². The van der Waals surface area contributed by atoms with Crippen LogP contribution in [-0.4, -0.2) is 18.0 Å². The maximum Gasteiger partial charge on any atom is 0.131 e. The standard InChI is InChI=1S/C35H38NO.C21H28NSi.Ir/c1-33(2,3)24-15-16-36-30(21-24)22-13-14-28-29-12-10-11-27(32(29)37-31(28)19-22)23-17-25(34(4,5)6)20-26(18-23)35(7,8)9;1-23(2,3)21-16-22-20(18-12-8-5-9-13-18)15-19(21)14-17-10-6-4-7-11-17;/h10-12,14-21H,1-9H3;5,8-9,12,15-17H,4,6-7,10-11,14H2,1-3H3;/q2*-1;. The Balaban J connectivity index is 0.000000223. The van der Waals surface area contributed by atoms with E-state index in [2.05, 4.69) is 184 Å². The van der Waals surface area contributed by atoms with Gasteiger partial charge in [0.2, 0.25) is 0 Å². The van der Waals surface area contributed by atoms with Crippen molar-refractivity contribution in [2.75, 3.05) is 0 Å². The summed E-state index contributed by atoms with van der Waals surface area (Å²) in [4.78, 5) is 9.41. The minimum absolute atomic E-state index is 0. The number of hydrogen-bond donors (Lipinski definition) is 0. The molecule has 1 saturated carbocycles. The van der Waals surface area contributed by atoms with Crippen LogP contribution in [0.5, 0.6) is 0 Å². The third-order valence-electron chi connectivity index (χ3n) is 12.3. The summed E-state index contributed by atoms with van der Waals surface area (Å²) < 4.78 is 6.60. The Morgan fingerprint density at radius 3 is 1.95 bits per heavy atom. The molecule has 0 saturated heterocycles. The van der Waals surface area contributed by atoms with Gasteiger partial charge in [0, 0.05) is 38.1 Å². The maximum atomic E-state index is 6.60. The van der Waals surface area contributed by atoms with E-state index in [-0.39, 0.29) is 36.4 Å². The minimum Gasteiger partial charge on any atom is -0.476 e. The number of para-hydroxylation sites is 1. The van der Waals surface area contributed by atoms with Crippen LogP contribution in [0.4, 0.5) is 0 Å².